The Morgan fingerprint density at radius 3 is 2.79 bits per heavy atom. The van der Waals surface area contributed by atoms with E-state index in [0.717, 1.165) is 4.59 Å². The van der Waals surface area contributed by atoms with Gasteiger partial charge in [0.2, 0.25) is 0 Å². The van der Waals surface area contributed by atoms with Crippen LogP contribution in [0.15, 0.2) is 29.5 Å². The molecule has 0 aliphatic carbocycles. The van der Waals surface area contributed by atoms with E-state index in [2.05, 4.69) is 10.4 Å². The Balaban J connectivity index is 2.62. The molecule has 0 bridgehead atoms. The third kappa shape index (κ3) is 1.10. The standard InChI is InChI=1S/C8H10BF2N3/c1-6(2)8-9(10,11)14-7(13-8)4-3-5-12-14/h3-5,13H,1-2H3. The van der Waals surface area contributed by atoms with Gasteiger partial charge in [-0.05, 0) is 19.9 Å². The van der Waals surface area contributed by atoms with Crippen molar-refractivity contribution in [3.63, 3.8) is 0 Å². The Morgan fingerprint density at radius 2 is 2.21 bits per heavy atom. The molecule has 1 aromatic heterocycles. The molecule has 74 valence electrons. The fourth-order valence-electron chi connectivity index (χ4n) is 1.56. The molecule has 6 heteroatoms. The van der Waals surface area contributed by atoms with Gasteiger partial charge in [-0.2, -0.15) is 0 Å². The molecule has 0 spiro atoms. The van der Waals surface area contributed by atoms with Crippen molar-refractivity contribution in [2.45, 2.75) is 13.8 Å². The first-order chi connectivity index (χ1) is 6.53. The molecule has 0 saturated heterocycles. The van der Waals surface area contributed by atoms with Crippen LogP contribution in [0.25, 0.3) is 0 Å². The third-order valence-electron chi connectivity index (χ3n) is 2.23. The zero-order valence-corrected chi connectivity index (χ0v) is 7.96. The van der Waals surface area contributed by atoms with E-state index in [1.807, 2.05) is 0 Å². The highest BCUT2D eigenvalue weighted by atomic mass is 19.2. The summed E-state index contributed by atoms with van der Waals surface area (Å²) < 4.78 is 28.1. The molecule has 0 saturated carbocycles. The van der Waals surface area contributed by atoms with Crippen LogP contribution in [-0.4, -0.2) is 11.9 Å². The van der Waals surface area contributed by atoms with Crippen molar-refractivity contribution in [2.24, 2.45) is 0 Å². The van der Waals surface area contributed by atoms with Crippen LogP contribution in [0.4, 0.5) is 14.4 Å². The van der Waals surface area contributed by atoms with Gasteiger partial charge in [0.25, 0.3) is 5.82 Å². The smallest absolute Gasteiger partial charge is 0.428 e. The normalized spacial score (nSPS) is 17.6. The molecule has 0 amide bonds. The number of nitrogens with zero attached hydrogens (tertiary/aromatic N) is 2. The Kier molecular flexibility index (Phi) is 1.80. The number of fused-ring (bicyclic) bond motifs is 1. The van der Waals surface area contributed by atoms with E-state index in [1.54, 1.807) is 26.0 Å². The topological polar surface area (TPSA) is 28.8 Å². The first kappa shape index (κ1) is 9.11. The summed E-state index contributed by atoms with van der Waals surface area (Å²) in [5.74, 6) is 0.341. The molecule has 1 aliphatic rings. The highest BCUT2D eigenvalue weighted by molar-refractivity contribution is 6.67. The van der Waals surface area contributed by atoms with Crippen LogP contribution in [-0.2, 0) is 0 Å². The summed E-state index contributed by atoms with van der Waals surface area (Å²) in [4.78, 5) is 0. The Bertz CT molecular complexity index is 413. The van der Waals surface area contributed by atoms with E-state index in [-0.39, 0.29) is 5.60 Å². The zero-order valence-electron chi connectivity index (χ0n) is 7.96. The van der Waals surface area contributed by atoms with E-state index in [1.165, 1.54) is 6.20 Å². The van der Waals surface area contributed by atoms with Gasteiger partial charge in [0.15, 0.2) is 0 Å². The summed E-state index contributed by atoms with van der Waals surface area (Å²) in [7, 11) is 0. The Hall–Kier alpha value is -1.46. The maximum Gasteiger partial charge on any atom is 0.606 e. The van der Waals surface area contributed by atoms with Crippen LogP contribution < -0.4 is 9.91 Å². The van der Waals surface area contributed by atoms with Gasteiger partial charge < -0.3 is 8.63 Å². The fourth-order valence-corrected chi connectivity index (χ4v) is 1.56. The summed E-state index contributed by atoms with van der Waals surface area (Å²) in [5, 5.41) is 6.32. The van der Waals surface area contributed by atoms with Crippen molar-refractivity contribution < 1.29 is 13.2 Å². The minimum Gasteiger partial charge on any atom is -0.428 e. The van der Waals surface area contributed by atoms with E-state index < -0.39 is 6.84 Å². The summed E-state index contributed by atoms with van der Waals surface area (Å²) in [5.41, 5.74) is 0.559. The van der Waals surface area contributed by atoms with Crippen LogP contribution in [0.2, 0.25) is 0 Å². The average molecular weight is 197 g/mol. The number of allylic oxidation sites excluding steroid dienone is 1. The molecule has 3 nitrogen and oxygen atoms in total. The molecule has 0 fully saturated rings. The van der Waals surface area contributed by atoms with Crippen LogP contribution in [0, 0.1) is 0 Å². The van der Waals surface area contributed by atoms with Gasteiger partial charge in [0, 0.05) is 6.07 Å². The van der Waals surface area contributed by atoms with Crippen molar-refractivity contribution in [2.75, 3.05) is 5.32 Å². The number of hydrogen-bond donors (Lipinski definition) is 1. The van der Waals surface area contributed by atoms with E-state index >= 15 is 0 Å². The molecule has 14 heavy (non-hydrogen) atoms. The molecular formula is C8H10BF2N3. The Morgan fingerprint density at radius 1 is 1.50 bits per heavy atom. The van der Waals surface area contributed by atoms with Crippen LogP contribution in [0.1, 0.15) is 13.8 Å². The SMILES string of the molecule is CC(C)=C1Nc2cccn[n+]2[B-]1(F)F. The summed E-state index contributed by atoms with van der Waals surface area (Å²) in [6, 6.07) is 3.21. The molecule has 0 atom stereocenters. The van der Waals surface area contributed by atoms with Crippen molar-refractivity contribution in [1.82, 2.24) is 5.10 Å². The van der Waals surface area contributed by atoms with Gasteiger partial charge >= 0.3 is 6.84 Å². The lowest BCUT2D eigenvalue weighted by molar-refractivity contribution is -0.609. The van der Waals surface area contributed by atoms with Gasteiger partial charge in [-0.3, -0.25) is 9.91 Å². The first-order valence-corrected chi connectivity index (χ1v) is 4.37. The molecule has 1 N–H and O–H groups in total. The maximum atomic E-state index is 13.7. The monoisotopic (exact) mass is 197 g/mol. The van der Waals surface area contributed by atoms with E-state index in [4.69, 9.17) is 0 Å². The maximum absolute atomic E-state index is 13.7. The van der Waals surface area contributed by atoms with Crippen molar-refractivity contribution in [3.05, 3.63) is 29.5 Å². The van der Waals surface area contributed by atoms with Crippen LogP contribution in [0.3, 0.4) is 0 Å². The van der Waals surface area contributed by atoms with E-state index in [9.17, 15) is 8.63 Å². The third-order valence-corrected chi connectivity index (χ3v) is 2.23. The van der Waals surface area contributed by atoms with E-state index in [0.29, 0.717) is 11.4 Å². The second kappa shape index (κ2) is 2.77. The molecule has 1 aromatic rings. The summed E-state index contributed by atoms with van der Waals surface area (Å²) in [6.07, 6.45) is 1.36. The van der Waals surface area contributed by atoms with Crippen LogP contribution >= 0.6 is 0 Å². The summed E-state index contributed by atoms with van der Waals surface area (Å²) in [6.45, 7) is -0.429. The predicted molar refractivity (Wildman–Crippen MR) is 49.8 cm³/mol. The molecule has 1 aliphatic heterocycles. The van der Waals surface area contributed by atoms with Gasteiger partial charge in [0.1, 0.15) is 0 Å². The number of nitrogens with one attached hydrogen (secondary N) is 1. The number of aromatic nitrogens is 2. The minimum absolute atomic E-state index is 0.0244. The zero-order chi connectivity index (χ0) is 10.3. The molecule has 0 radical (unpaired) electrons. The van der Waals surface area contributed by atoms with Crippen molar-refractivity contribution in [3.8, 4) is 0 Å². The van der Waals surface area contributed by atoms with Gasteiger partial charge in [-0.1, -0.05) is 5.57 Å². The molecular weight excluding hydrogens is 187 g/mol. The fraction of sp³-hybridized carbons (Fsp3) is 0.250. The van der Waals surface area contributed by atoms with Gasteiger partial charge in [-0.25, -0.2) is 0 Å². The lowest BCUT2D eigenvalue weighted by Crippen LogP contribution is -2.58. The summed E-state index contributed by atoms with van der Waals surface area (Å²) >= 11 is 0. The molecule has 2 heterocycles. The molecule has 0 unspecified atom stereocenters. The highest BCUT2D eigenvalue weighted by Gasteiger charge is 2.50. The second-order valence-electron chi connectivity index (χ2n) is 3.52. The quantitative estimate of drug-likeness (QED) is 0.636. The number of halogens is 2. The van der Waals surface area contributed by atoms with Gasteiger partial charge in [-0.15, -0.1) is 5.10 Å². The number of rotatable bonds is 0. The van der Waals surface area contributed by atoms with Crippen molar-refractivity contribution >= 4 is 12.7 Å². The highest BCUT2D eigenvalue weighted by Crippen LogP contribution is 2.26. The number of anilines is 1. The first-order valence-electron chi connectivity index (χ1n) is 4.37. The average Bonchev–Trinajstić information content (AvgIpc) is 2.39. The second-order valence-corrected chi connectivity index (χ2v) is 3.52. The molecule has 0 aromatic carbocycles. The lowest BCUT2D eigenvalue weighted by Gasteiger charge is -2.12. The van der Waals surface area contributed by atoms with Gasteiger partial charge in [0.05, 0.1) is 11.8 Å². The van der Waals surface area contributed by atoms with Crippen LogP contribution in [0.5, 0.6) is 0 Å². The number of hydrogen-bond acceptors (Lipinski definition) is 2. The van der Waals surface area contributed by atoms with Crippen molar-refractivity contribution in [1.29, 1.82) is 0 Å². The minimum atomic E-state index is -3.74. The molecule has 2 rings (SSSR count). The lowest BCUT2D eigenvalue weighted by atomic mass is 9.75. The Labute approximate surface area is 80.5 Å². The predicted octanol–water partition coefficient (Wildman–Crippen LogP) is 1.35. The largest absolute Gasteiger partial charge is 0.606 e.